The van der Waals surface area contributed by atoms with Gasteiger partial charge in [0.05, 0.1) is 0 Å². The Kier molecular flexibility index (Phi) is 4.81. The van der Waals surface area contributed by atoms with Crippen molar-refractivity contribution >= 4 is 27.5 Å². The Morgan fingerprint density at radius 2 is 1.83 bits per heavy atom. The van der Waals surface area contributed by atoms with Gasteiger partial charge < -0.3 is 5.32 Å². The minimum atomic E-state index is 0.188. The second-order valence-electron chi connectivity index (χ2n) is 5.28. The molecule has 1 aromatic rings. The van der Waals surface area contributed by atoms with Crippen molar-refractivity contribution in [2.45, 2.75) is 37.9 Å². The fourth-order valence-corrected chi connectivity index (χ4v) is 2.82. The number of nitrogens with one attached hydrogen (secondary N) is 1. The van der Waals surface area contributed by atoms with Gasteiger partial charge in [0.15, 0.2) is 0 Å². The van der Waals surface area contributed by atoms with Gasteiger partial charge in [-0.25, -0.2) is 0 Å². The summed E-state index contributed by atoms with van der Waals surface area (Å²) in [7, 11) is 0. The minimum Gasteiger partial charge on any atom is -0.326 e. The number of carbonyl (C=O) groups excluding carboxylic acids is 1. The Morgan fingerprint density at radius 3 is 2.39 bits per heavy atom. The molecule has 18 heavy (non-hydrogen) atoms. The summed E-state index contributed by atoms with van der Waals surface area (Å²) < 4.78 is 0. The first kappa shape index (κ1) is 13.6. The molecule has 1 N–H and O–H groups in total. The highest BCUT2D eigenvalue weighted by Crippen LogP contribution is 2.29. The van der Waals surface area contributed by atoms with E-state index in [9.17, 15) is 4.79 Å². The van der Waals surface area contributed by atoms with Crippen LogP contribution in [0, 0.1) is 11.8 Å². The zero-order chi connectivity index (χ0) is 13.0. The lowest BCUT2D eigenvalue weighted by Crippen LogP contribution is -2.26. The van der Waals surface area contributed by atoms with Crippen LogP contribution in [-0.2, 0) is 10.1 Å². The van der Waals surface area contributed by atoms with E-state index in [1.54, 1.807) is 0 Å². The van der Waals surface area contributed by atoms with Crippen LogP contribution in [0.3, 0.4) is 0 Å². The number of rotatable bonds is 3. The number of carbonyl (C=O) groups is 1. The molecule has 2 nitrogen and oxygen atoms in total. The molecule has 1 aliphatic rings. The highest BCUT2D eigenvalue weighted by Gasteiger charge is 2.24. The van der Waals surface area contributed by atoms with Gasteiger partial charge in [-0.05, 0) is 49.3 Å². The predicted molar refractivity (Wildman–Crippen MR) is 78.8 cm³/mol. The van der Waals surface area contributed by atoms with E-state index in [2.05, 4.69) is 28.2 Å². The lowest BCUT2D eigenvalue weighted by Gasteiger charge is -2.25. The first-order valence-corrected chi connectivity index (χ1v) is 7.77. The van der Waals surface area contributed by atoms with Crippen molar-refractivity contribution in [3.05, 3.63) is 29.8 Å². The third-order valence-electron chi connectivity index (χ3n) is 3.76. The summed E-state index contributed by atoms with van der Waals surface area (Å²) in [4.78, 5) is 12.1. The molecule has 1 aromatic carbocycles. The zero-order valence-electron chi connectivity index (χ0n) is 10.8. The highest BCUT2D eigenvalue weighted by atomic mass is 79.9. The number of benzene rings is 1. The van der Waals surface area contributed by atoms with Crippen molar-refractivity contribution in [3.63, 3.8) is 0 Å². The second-order valence-corrected chi connectivity index (χ2v) is 5.84. The second kappa shape index (κ2) is 6.37. The molecule has 1 saturated carbocycles. The van der Waals surface area contributed by atoms with Gasteiger partial charge in [-0.3, -0.25) is 4.79 Å². The Balaban J connectivity index is 1.90. The quantitative estimate of drug-likeness (QED) is 0.826. The number of amides is 1. The summed E-state index contributed by atoms with van der Waals surface area (Å²) in [5.41, 5.74) is 2.13. The van der Waals surface area contributed by atoms with Crippen molar-refractivity contribution in [1.82, 2.24) is 0 Å². The largest absolute Gasteiger partial charge is 0.326 e. The molecule has 0 radical (unpaired) electrons. The first-order valence-electron chi connectivity index (χ1n) is 6.65. The Morgan fingerprint density at radius 1 is 1.22 bits per heavy atom. The number of halogens is 1. The Bertz CT molecular complexity index is 393. The monoisotopic (exact) mass is 309 g/mol. The Labute approximate surface area is 117 Å². The van der Waals surface area contributed by atoms with E-state index in [0.717, 1.165) is 29.8 Å². The maximum Gasteiger partial charge on any atom is 0.227 e. The molecule has 1 aliphatic carbocycles. The molecule has 1 amide bonds. The van der Waals surface area contributed by atoms with Gasteiger partial charge >= 0.3 is 0 Å². The fraction of sp³-hybridized carbons (Fsp3) is 0.533. The molecule has 0 atom stereocenters. The van der Waals surface area contributed by atoms with E-state index in [-0.39, 0.29) is 11.8 Å². The van der Waals surface area contributed by atoms with E-state index >= 15 is 0 Å². The summed E-state index contributed by atoms with van der Waals surface area (Å²) in [5, 5.41) is 3.87. The lowest BCUT2D eigenvalue weighted by atomic mass is 9.82. The van der Waals surface area contributed by atoms with Crippen molar-refractivity contribution in [3.8, 4) is 0 Å². The third kappa shape index (κ3) is 3.58. The van der Waals surface area contributed by atoms with Crippen molar-refractivity contribution in [2.24, 2.45) is 11.8 Å². The maximum absolute atomic E-state index is 12.1. The van der Waals surface area contributed by atoms with Crippen LogP contribution in [0.4, 0.5) is 5.69 Å². The lowest BCUT2D eigenvalue weighted by molar-refractivity contribution is -0.121. The normalized spacial score (nSPS) is 23.7. The van der Waals surface area contributed by atoms with Crippen LogP contribution in [0.15, 0.2) is 24.3 Å². The van der Waals surface area contributed by atoms with Gasteiger partial charge in [-0.2, -0.15) is 0 Å². The molecule has 3 heteroatoms. The minimum absolute atomic E-state index is 0.188. The van der Waals surface area contributed by atoms with Gasteiger partial charge in [0.2, 0.25) is 5.91 Å². The van der Waals surface area contributed by atoms with Crippen LogP contribution in [0.5, 0.6) is 0 Å². The number of alkyl halides is 1. The van der Waals surface area contributed by atoms with Crippen LogP contribution in [-0.4, -0.2) is 5.91 Å². The van der Waals surface area contributed by atoms with Crippen LogP contribution in [0.2, 0.25) is 0 Å². The average molecular weight is 310 g/mol. The molecule has 0 aromatic heterocycles. The summed E-state index contributed by atoms with van der Waals surface area (Å²) in [6, 6.07) is 8.01. The SMILES string of the molecule is CC1CCC(C(=O)Nc2ccc(CBr)cc2)CC1. The molecule has 0 spiro atoms. The van der Waals surface area contributed by atoms with E-state index in [1.807, 2.05) is 24.3 Å². The summed E-state index contributed by atoms with van der Waals surface area (Å²) in [5.74, 6) is 1.18. The molecule has 2 rings (SSSR count). The number of anilines is 1. The fourth-order valence-electron chi connectivity index (χ4n) is 2.44. The molecule has 1 fully saturated rings. The van der Waals surface area contributed by atoms with Crippen molar-refractivity contribution < 1.29 is 4.79 Å². The molecular formula is C15H20BrNO. The van der Waals surface area contributed by atoms with E-state index in [1.165, 1.54) is 18.4 Å². The van der Waals surface area contributed by atoms with Gasteiger partial charge in [0.1, 0.15) is 0 Å². The van der Waals surface area contributed by atoms with E-state index in [4.69, 9.17) is 0 Å². The standard InChI is InChI=1S/C15H20BrNO/c1-11-2-6-13(7-3-11)15(18)17-14-8-4-12(10-16)5-9-14/h4-5,8-9,11,13H,2-3,6-7,10H2,1H3,(H,17,18). The van der Waals surface area contributed by atoms with Crippen LogP contribution in [0.1, 0.15) is 38.2 Å². The summed E-state index contributed by atoms with van der Waals surface area (Å²) in [6.45, 7) is 2.27. The number of hydrogen-bond acceptors (Lipinski definition) is 1. The Hall–Kier alpha value is -0.830. The topological polar surface area (TPSA) is 29.1 Å². The third-order valence-corrected chi connectivity index (χ3v) is 4.41. The van der Waals surface area contributed by atoms with Crippen LogP contribution in [0.25, 0.3) is 0 Å². The molecule has 0 saturated heterocycles. The first-order chi connectivity index (χ1) is 8.69. The van der Waals surface area contributed by atoms with Crippen LogP contribution < -0.4 is 5.32 Å². The van der Waals surface area contributed by atoms with Gasteiger partial charge in [-0.15, -0.1) is 0 Å². The van der Waals surface area contributed by atoms with Crippen LogP contribution >= 0.6 is 15.9 Å². The molecule has 0 heterocycles. The van der Waals surface area contributed by atoms with E-state index in [0.29, 0.717) is 0 Å². The predicted octanol–water partition coefficient (Wildman–Crippen LogP) is 4.35. The highest BCUT2D eigenvalue weighted by molar-refractivity contribution is 9.08. The molecule has 0 unspecified atom stereocenters. The van der Waals surface area contributed by atoms with Gasteiger partial charge in [-0.1, -0.05) is 35.0 Å². The zero-order valence-corrected chi connectivity index (χ0v) is 12.4. The molecule has 0 aliphatic heterocycles. The average Bonchev–Trinajstić information content (AvgIpc) is 2.40. The van der Waals surface area contributed by atoms with Gasteiger partial charge in [0, 0.05) is 16.9 Å². The van der Waals surface area contributed by atoms with Gasteiger partial charge in [0.25, 0.3) is 0 Å². The van der Waals surface area contributed by atoms with Crippen molar-refractivity contribution in [2.75, 3.05) is 5.32 Å². The summed E-state index contributed by atoms with van der Waals surface area (Å²) >= 11 is 3.41. The number of hydrogen-bond donors (Lipinski definition) is 1. The summed E-state index contributed by atoms with van der Waals surface area (Å²) in [6.07, 6.45) is 4.43. The van der Waals surface area contributed by atoms with Crippen molar-refractivity contribution in [1.29, 1.82) is 0 Å². The smallest absolute Gasteiger partial charge is 0.227 e. The van der Waals surface area contributed by atoms with E-state index < -0.39 is 0 Å². The molecule has 0 bridgehead atoms. The molecular weight excluding hydrogens is 290 g/mol. The molecule has 98 valence electrons. The maximum atomic E-state index is 12.1.